The SMILES string of the molecule is CNC(C)c1cccc(N2C(=O)CC(C)CC2=O)c1. The highest BCUT2D eigenvalue weighted by Gasteiger charge is 2.31. The van der Waals surface area contributed by atoms with Crippen LogP contribution in [0.25, 0.3) is 0 Å². The third kappa shape index (κ3) is 2.84. The Morgan fingerprint density at radius 3 is 2.47 bits per heavy atom. The molecule has 1 aromatic rings. The van der Waals surface area contributed by atoms with Crippen LogP contribution in [0.5, 0.6) is 0 Å². The van der Waals surface area contributed by atoms with Gasteiger partial charge in [-0.05, 0) is 37.6 Å². The van der Waals surface area contributed by atoms with Crippen molar-refractivity contribution in [2.45, 2.75) is 32.7 Å². The molecule has 1 aromatic carbocycles. The number of nitrogens with one attached hydrogen (secondary N) is 1. The molecule has 1 saturated heterocycles. The van der Waals surface area contributed by atoms with Crippen LogP contribution in [-0.2, 0) is 9.59 Å². The fraction of sp³-hybridized carbons (Fsp3) is 0.467. The summed E-state index contributed by atoms with van der Waals surface area (Å²) in [6, 6.07) is 7.79. The van der Waals surface area contributed by atoms with Crippen LogP contribution in [0, 0.1) is 5.92 Å². The van der Waals surface area contributed by atoms with Crippen molar-refractivity contribution in [2.24, 2.45) is 5.92 Å². The van der Waals surface area contributed by atoms with Crippen LogP contribution in [0.2, 0.25) is 0 Å². The maximum Gasteiger partial charge on any atom is 0.234 e. The lowest BCUT2D eigenvalue weighted by atomic mass is 9.97. The second kappa shape index (κ2) is 5.53. The maximum atomic E-state index is 12.1. The molecular weight excluding hydrogens is 240 g/mol. The summed E-state index contributed by atoms with van der Waals surface area (Å²) in [7, 11) is 1.89. The van der Waals surface area contributed by atoms with Crippen LogP contribution in [0.15, 0.2) is 24.3 Å². The van der Waals surface area contributed by atoms with Gasteiger partial charge in [0.15, 0.2) is 0 Å². The van der Waals surface area contributed by atoms with Gasteiger partial charge in [-0.2, -0.15) is 0 Å². The van der Waals surface area contributed by atoms with E-state index in [0.29, 0.717) is 18.5 Å². The Kier molecular flexibility index (Phi) is 4.00. The third-order valence-corrected chi connectivity index (χ3v) is 3.61. The number of carbonyl (C=O) groups is 2. The molecule has 102 valence electrons. The van der Waals surface area contributed by atoms with Crippen LogP contribution in [-0.4, -0.2) is 18.9 Å². The van der Waals surface area contributed by atoms with Gasteiger partial charge in [0.2, 0.25) is 11.8 Å². The van der Waals surface area contributed by atoms with E-state index in [1.807, 2.05) is 45.2 Å². The Bertz CT molecular complexity index is 481. The standard InChI is InChI=1S/C15H20N2O2/c1-10-7-14(18)17(15(19)8-10)13-6-4-5-12(9-13)11(2)16-3/h4-6,9-11,16H,7-8H2,1-3H3. The second-order valence-corrected chi connectivity index (χ2v) is 5.24. The third-order valence-electron chi connectivity index (χ3n) is 3.61. The number of nitrogens with zero attached hydrogens (tertiary/aromatic N) is 1. The number of hydrogen-bond acceptors (Lipinski definition) is 3. The highest BCUT2D eigenvalue weighted by atomic mass is 16.2. The summed E-state index contributed by atoms with van der Waals surface area (Å²) < 4.78 is 0. The predicted octanol–water partition coefficient (Wildman–Crippen LogP) is 2.26. The molecule has 2 rings (SSSR count). The van der Waals surface area contributed by atoms with Crippen molar-refractivity contribution >= 4 is 17.5 Å². The van der Waals surface area contributed by atoms with Crippen molar-refractivity contribution in [3.8, 4) is 0 Å². The molecule has 19 heavy (non-hydrogen) atoms. The Hall–Kier alpha value is -1.68. The predicted molar refractivity (Wildman–Crippen MR) is 74.8 cm³/mol. The molecule has 4 heteroatoms. The minimum Gasteiger partial charge on any atom is -0.313 e. The Balaban J connectivity index is 2.31. The number of carbonyl (C=O) groups excluding carboxylic acids is 2. The fourth-order valence-electron chi connectivity index (χ4n) is 2.38. The monoisotopic (exact) mass is 260 g/mol. The Morgan fingerprint density at radius 1 is 1.26 bits per heavy atom. The average molecular weight is 260 g/mol. The Labute approximate surface area is 113 Å². The number of imide groups is 1. The molecule has 0 radical (unpaired) electrons. The van der Waals surface area contributed by atoms with E-state index in [1.165, 1.54) is 4.90 Å². The lowest BCUT2D eigenvalue weighted by Gasteiger charge is -2.28. The van der Waals surface area contributed by atoms with Gasteiger partial charge in [0, 0.05) is 18.9 Å². The zero-order valence-electron chi connectivity index (χ0n) is 11.6. The minimum atomic E-state index is -0.0991. The number of rotatable bonds is 3. The van der Waals surface area contributed by atoms with Gasteiger partial charge in [-0.25, -0.2) is 0 Å². The summed E-state index contributed by atoms with van der Waals surface area (Å²) in [4.78, 5) is 25.4. The molecule has 1 fully saturated rings. The first-order chi connectivity index (χ1) is 9.02. The van der Waals surface area contributed by atoms with Gasteiger partial charge in [-0.3, -0.25) is 14.5 Å². The first-order valence-corrected chi connectivity index (χ1v) is 6.66. The molecule has 0 aromatic heterocycles. The zero-order valence-corrected chi connectivity index (χ0v) is 11.6. The van der Waals surface area contributed by atoms with E-state index in [9.17, 15) is 9.59 Å². The average Bonchev–Trinajstić information content (AvgIpc) is 2.37. The van der Waals surface area contributed by atoms with Crippen molar-refractivity contribution in [2.75, 3.05) is 11.9 Å². The van der Waals surface area contributed by atoms with Crippen LogP contribution >= 0.6 is 0 Å². The van der Waals surface area contributed by atoms with E-state index in [4.69, 9.17) is 0 Å². The number of amides is 2. The van der Waals surface area contributed by atoms with Crippen molar-refractivity contribution in [3.05, 3.63) is 29.8 Å². The fourth-order valence-corrected chi connectivity index (χ4v) is 2.38. The van der Waals surface area contributed by atoms with Gasteiger partial charge in [-0.15, -0.1) is 0 Å². The number of benzene rings is 1. The van der Waals surface area contributed by atoms with Crippen molar-refractivity contribution in [3.63, 3.8) is 0 Å². The second-order valence-electron chi connectivity index (χ2n) is 5.24. The highest BCUT2D eigenvalue weighted by Crippen LogP contribution is 2.27. The smallest absolute Gasteiger partial charge is 0.234 e. The van der Waals surface area contributed by atoms with E-state index in [1.54, 1.807) is 0 Å². The first kappa shape index (κ1) is 13.7. The van der Waals surface area contributed by atoms with E-state index in [0.717, 1.165) is 5.56 Å². The molecule has 1 heterocycles. The quantitative estimate of drug-likeness (QED) is 0.848. The number of piperidine rings is 1. The summed E-state index contributed by atoms with van der Waals surface area (Å²) in [6.45, 7) is 3.98. The first-order valence-electron chi connectivity index (χ1n) is 6.66. The molecule has 1 unspecified atom stereocenters. The highest BCUT2D eigenvalue weighted by molar-refractivity contribution is 6.16. The van der Waals surface area contributed by atoms with Gasteiger partial charge in [0.1, 0.15) is 0 Å². The normalized spacial score (nSPS) is 18.8. The maximum absolute atomic E-state index is 12.1. The summed E-state index contributed by atoms with van der Waals surface area (Å²) in [5.74, 6) is -0.0494. The van der Waals surface area contributed by atoms with Gasteiger partial charge in [0.05, 0.1) is 5.69 Å². The van der Waals surface area contributed by atoms with Crippen molar-refractivity contribution in [1.82, 2.24) is 5.32 Å². The lowest BCUT2D eigenvalue weighted by Crippen LogP contribution is -2.42. The van der Waals surface area contributed by atoms with E-state index in [-0.39, 0.29) is 23.8 Å². The van der Waals surface area contributed by atoms with Gasteiger partial charge >= 0.3 is 0 Å². The molecule has 1 aliphatic rings. The van der Waals surface area contributed by atoms with Crippen LogP contribution in [0.4, 0.5) is 5.69 Å². The summed E-state index contributed by atoms with van der Waals surface area (Å²) in [6.07, 6.45) is 0.884. The molecule has 0 saturated carbocycles. The van der Waals surface area contributed by atoms with Gasteiger partial charge in [-0.1, -0.05) is 19.1 Å². The number of hydrogen-bond donors (Lipinski definition) is 1. The summed E-state index contributed by atoms with van der Waals surface area (Å²) in [5, 5.41) is 3.15. The zero-order chi connectivity index (χ0) is 14.0. The molecule has 0 bridgehead atoms. The Morgan fingerprint density at radius 2 is 1.89 bits per heavy atom. The summed E-state index contributed by atoms with van der Waals surface area (Å²) >= 11 is 0. The van der Waals surface area contributed by atoms with Crippen molar-refractivity contribution < 1.29 is 9.59 Å². The number of anilines is 1. The molecule has 1 aliphatic heterocycles. The van der Waals surface area contributed by atoms with Crippen LogP contribution in [0.3, 0.4) is 0 Å². The lowest BCUT2D eigenvalue weighted by molar-refractivity contribution is -0.130. The van der Waals surface area contributed by atoms with Gasteiger partial charge < -0.3 is 5.32 Å². The molecule has 1 N–H and O–H groups in total. The van der Waals surface area contributed by atoms with E-state index in [2.05, 4.69) is 5.32 Å². The van der Waals surface area contributed by atoms with E-state index >= 15 is 0 Å². The van der Waals surface area contributed by atoms with Crippen LogP contribution < -0.4 is 10.2 Å². The van der Waals surface area contributed by atoms with E-state index < -0.39 is 0 Å². The molecular formula is C15H20N2O2. The molecule has 4 nitrogen and oxygen atoms in total. The van der Waals surface area contributed by atoms with Crippen molar-refractivity contribution in [1.29, 1.82) is 0 Å². The topological polar surface area (TPSA) is 49.4 Å². The molecule has 0 spiro atoms. The van der Waals surface area contributed by atoms with Gasteiger partial charge in [0.25, 0.3) is 0 Å². The molecule has 0 aliphatic carbocycles. The minimum absolute atomic E-state index is 0.0991. The molecule has 1 atom stereocenters. The molecule has 2 amide bonds. The largest absolute Gasteiger partial charge is 0.313 e. The van der Waals surface area contributed by atoms with Crippen LogP contribution in [0.1, 0.15) is 38.3 Å². The summed E-state index contributed by atoms with van der Waals surface area (Å²) in [5.41, 5.74) is 1.75.